The Morgan fingerprint density at radius 2 is 1.66 bits per heavy atom. The van der Waals surface area contributed by atoms with E-state index >= 15 is 0 Å². The highest BCUT2D eigenvalue weighted by atomic mass is 32.1. The van der Waals surface area contributed by atoms with Crippen molar-refractivity contribution in [3.63, 3.8) is 0 Å². The quantitative estimate of drug-likeness (QED) is 0.206. The average molecular weight is 622 g/mol. The molecule has 0 aliphatic carbocycles. The molecule has 0 aliphatic rings. The lowest BCUT2D eigenvalue weighted by Gasteiger charge is -2.16. The van der Waals surface area contributed by atoms with E-state index in [1.54, 1.807) is 13.3 Å². The Hall–Kier alpha value is -3.55. The monoisotopic (exact) mass is 622 g/mol. The highest BCUT2D eigenvalue weighted by Crippen LogP contribution is 2.43. The molecule has 16 heteroatoms. The molecule has 0 bridgehead atoms. The molecule has 0 fully saturated rings. The van der Waals surface area contributed by atoms with Gasteiger partial charge in [-0.3, -0.25) is 14.3 Å². The minimum Gasteiger partial charge on any atom is -0.453 e. The van der Waals surface area contributed by atoms with E-state index in [1.165, 1.54) is 43.3 Å². The van der Waals surface area contributed by atoms with Crippen LogP contribution in [0.1, 0.15) is 5.56 Å². The summed E-state index contributed by atoms with van der Waals surface area (Å²) in [6.07, 6.45) is -13.1. The maximum absolute atomic E-state index is 13.3. The zero-order valence-corrected chi connectivity index (χ0v) is 23.1. The SMILES string of the molecule is Cc1c(-c2ccc(Oc3ccc(P(C)(C)=O)cc3)c(OC(F)(F)F)c2)sc2c1c(=O)[nH]c(=O)n2C[C@@H](O)C(F)(F)F. The number of aliphatic hydroxyl groups excluding tert-OH is 1. The third-order valence-corrected chi connectivity index (χ3v) is 8.82. The van der Waals surface area contributed by atoms with Gasteiger partial charge in [-0.1, -0.05) is 0 Å². The van der Waals surface area contributed by atoms with E-state index in [-0.39, 0.29) is 37.7 Å². The van der Waals surface area contributed by atoms with Gasteiger partial charge in [0.1, 0.15) is 17.7 Å². The summed E-state index contributed by atoms with van der Waals surface area (Å²) in [5, 5.41) is 9.88. The first-order valence-electron chi connectivity index (χ1n) is 11.6. The van der Waals surface area contributed by atoms with Crippen LogP contribution in [0, 0.1) is 6.92 Å². The van der Waals surface area contributed by atoms with E-state index in [2.05, 4.69) is 4.74 Å². The summed E-state index contributed by atoms with van der Waals surface area (Å²) in [5.74, 6) is -0.970. The van der Waals surface area contributed by atoms with Crippen molar-refractivity contribution in [3.8, 4) is 27.7 Å². The number of rotatable bonds is 7. The van der Waals surface area contributed by atoms with Crippen LogP contribution in [0.3, 0.4) is 0 Å². The summed E-state index contributed by atoms with van der Waals surface area (Å²) in [4.78, 5) is 26.7. The Kier molecular flexibility index (Phi) is 7.93. The summed E-state index contributed by atoms with van der Waals surface area (Å²) in [6.45, 7) is 3.31. The zero-order valence-electron chi connectivity index (χ0n) is 21.4. The standard InChI is InChI=1S/C25H21F6N2O6PS/c1-12-19-21(35)32-23(36)33(11-18(34)24(26,27)28)22(19)41-20(12)13-4-9-16(17(10-13)39-25(29,30)31)38-14-5-7-15(8-6-14)40(2,3)37/h4-10,18,34H,11H2,1-3H3,(H,32,35,36)/t18-/m1/s1. The first kappa shape index (κ1) is 30.4. The molecular weight excluding hydrogens is 601 g/mol. The second-order valence-electron chi connectivity index (χ2n) is 9.32. The van der Waals surface area contributed by atoms with Crippen LogP contribution in [0.2, 0.25) is 0 Å². The van der Waals surface area contributed by atoms with Crippen LogP contribution < -0.4 is 26.0 Å². The minimum atomic E-state index is -5.13. The molecule has 0 unspecified atom stereocenters. The Bertz CT molecular complexity index is 1770. The number of H-pyrrole nitrogens is 1. The number of thiophene rings is 1. The molecule has 0 aliphatic heterocycles. The number of nitrogens with zero attached hydrogens (tertiary/aromatic N) is 1. The Morgan fingerprint density at radius 1 is 1.02 bits per heavy atom. The smallest absolute Gasteiger partial charge is 0.453 e. The minimum absolute atomic E-state index is 0.0818. The number of aromatic amines is 1. The van der Waals surface area contributed by atoms with E-state index in [0.717, 1.165) is 6.07 Å². The van der Waals surface area contributed by atoms with Crippen molar-refractivity contribution in [1.29, 1.82) is 0 Å². The molecule has 2 heterocycles. The van der Waals surface area contributed by atoms with Gasteiger partial charge < -0.3 is 19.1 Å². The first-order valence-corrected chi connectivity index (χ1v) is 15.0. The molecule has 0 saturated heterocycles. The normalized spacial score (nSPS) is 13.4. The molecule has 4 rings (SSSR count). The van der Waals surface area contributed by atoms with Crippen LogP contribution in [0.4, 0.5) is 26.3 Å². The number of halogens is 6. The Balaban J connectivity index is 1.81. The van der Waals surface area contributed by atoms with Gasteiger partial charge in [0.2, 0.25) is 0 Å². The van der Waals surface area contributed by atoms with Crippen molar-refractivity contribution in [1.82, 2.24) is 9.55 Å². The van der Waals surface area contributed by atoms with Gasteiger partial charge in [-0.2, -0.15) is 13.2 Å². The third kappa shape index (κ3) is 6.68. The zero-order chi connectivity index (χ0) is 30.5. The molecule has 4 aromatic rings. The van der Waals surface area contributed by atoms with Crippen LogP contribution in [0.15, 0.2) is 52.1 Å². The molecule has 2 aromatic carbocycles. The number of ether oxygens (including phenoxy) is 2. The van der Waals surface area contributed by atoms with Gasteiger partial charge in [-0.25, -0.2) is 4.79 Å². The summed E-state index contributed by atoms with van der Waals surface area (Å²) >= 11 is 0.685. The van der Waals surface area contributed by atoms with Gasteiger partial charge in [-0.15, -0.1) is 24.5 Å². The molecular formula is C25H21F6N2O6PS. The van der Waals surface area contributed by atoms with Crippen LogP contribution in [0.25, 0.3) is 20.7 Å². The fourth-order valence-electron chi connectivity index (χ4n) is 3.93. The van der Waals surface area contributed by atoms with Crippen molar-refractivity contribution < 1.29 is 45.5 Å². The second kappa shape index (κ2) is 10.7. The van der Waals surface area contributed by atoms with Gasteiger partial charge >= 0.3 is 18.2 Å². The van der Waals surface area contributed by atoms with Gasteiger partial charge in [-0.05, 0) is 73.8 Å². The molecule has 0 amide bonds. The molecule has 220 valence electrons. The van der Waals surface area contributed by atoms with Gasteiger partial charge in [0.05, 0.1) is 11.9 Å². The van der Waals surface area contributed by atoms with Crippen molar-refractivity contribution in [2.75, 3.05) is 13.3 Å². The van der Waals surface area contributed by atoms with Crippen LogP contribution in [-0.2, 0) is 11.1 Å². The predicted molar refractivity (Wildman–Crippen MR) is 141 cm³/mol. The number of aliphatic hydroxyl groups is 1. The summed E-state index contributed by atoms with van der Waals surface area (Å²) < 4.78 is 101. The van der Waals surface area contributed by atoms with Gasteiger partial charge in [0.15, 0.2) is 17.6 Å². The average Bonchev–Trinajstić information content (AvgIpc) is 3.18. The van der Waals surface area contributed by atoms with E-state index in [4.69, 9.17) is 4.74 Å². The molecule has 8 nitrogen and oxygen atoms in total. The molecule has 41 heavy (non-hydrogen) atoms. The first-order chi connectivity index (χ1) is 18.8. The lowest BCUT2D eigenvalue weighted by molar-refractivity contribution is -0.275. The fraction of sp³-hybridized carbons (Fsp3) is 0.280. The maximum atomic E-state index is 13.3. The van der Waals surface area contributed by atoms with E-state index in [1.807, 2.05) is 4.98 Å². The molecule has 0 radical (unpaired) electrons. The predicted octanol–water partition coefficient (Wildman–Crippen LogP) is 5.59. The summed E-state index contributed by atoms with van der Waals surface area (Å²) in [6, 6.07) is 9.38. The number of nitrogens with one attached hydrogen (secondary N) is 1. The number of aryl methyl sites for hydroxylation is 1. The molecule has 0 saturated carbocycles. The Morgan fingerprint density at radius 3 is 2.22 bits per heavy atom. The lowest BCUT2D eigenvalue weighted by atomic mass is 10.1. The maximum Gasteiger partial charge on any atom is 0.573 e. The van der Waals surface area contributed by atoms with E-state index < -0.39 is 49.3 Å². The third-order valence-electron chi connectivity index (χ3n) is 5.92. The van der Waals surface area contributed by atoms with Crippen molar-refractivity contribution >= 4 is 34.0 Å². The van der Waals surface area contributed by atoms with Crippen LogP contribution >= 0.6 is 18.5 Å². The fourth-order valence-corrected chi connectivity index (χ4v) is 6.11. The lowest BCUT2D eigenvalue weighted by Crippen LogP contribution is -2.38. The van der Waals surface area contributed by atoms with Crippen LogP contribution in [0.5, 0.6) is 17.2 Å². The topological polar surface area (TPSA) is 111 Å². The highest BCUT2D eigenvalue weighted by Gasteiger charge is 2.39. The Labute approximate surface area is 231 Å². The van der Waals surface area contributed by atoms with Crippen molar-refractivity contribution in [2.24, 2.45) is 0 Å². The number of hydrogen-bond acceptors (Lipinski definition) is 7. The molecule has 2 N–H and O–H groups in total. The number of benzene rings is 2. The number of fused-ring (bicyclic) bond motifs is 1. The van der Waals surface area contributed by atoms with Crippen LogP contribution in [-0.4, -0.2) is 46.6 Å². The molecule has 0 spiro atoms. The van der Waals surface area contributed by atoms with Gasteiger partial charge in [0, 0.05) is 10.2 Å². The van der Waals surface area contributed by atoms with Crippen molar-refractivity contribution in [2.45, 2.75) is 32.1 Å². The summed E-state index contributed by atoms with van der Waals surface area (Å²) in [5.41, 5.74) is -1.86. The number of alkyl halides is 6. The largest absolute Gasteiger partial charge is 0.573 e. The van der Waals surface area contributed by atoms with E-state index in [9.17, 15) is 45.6 Å². The van der Waals surface area contributed by atoms with Crippen molar-refractivity contribution in [3.05, 3.63) is 68.9 Å². The molecule has 1 atom stereocenters. The second-order valence-corrected chi connectivity index (χ2v) is 13.5. The summed E-state index contributed by atoms with van der Waals surface area (Å²) in [7, 11) is -2.59. The number of hydrogen-bond donors (Lipinski definition) is 2. The van der Waals surface area contributed by atoms with E-state index in [0.29, 0.717) is 21.2 Å². The highest BCUT2D eigenvalue weighted by molar-refractivity contribution is 7.70. The van der Waals surface area contributed by atoms with Gasteiger partial charge in [0.25, 0.3) is 5.56 Å². The molecule has 2 aromatic heterocycles. The number of aromatic nitrogens is 2.